The molecule has 3 amide bonds. The van der Waals surface area contributed by atoms with Gasteiger partial charge in [0, 0.05) is 50.0 Å². The first-order chi connectivity index (χ1) is 13.9. The number of fused-ring (bicyclic) bond motifs is 3. The normalized spacial score (nSPS) is 25.5. The van der Waals surface area contributed by atoms with Gasteiger partial charge in [0.05, 0.1) is 17.8 Å². The molecule has 1 atom stereocenters. The molecule has 0 radical (unpaired) electrons. The minimum atomic E-state index is -0.219. The molecule has 1 saturated heterocycles. The first kappa shape index (κ1) is 18.6. The summed E-state index contributed by atoms with van der Waals surface area (Å²) in [5, 5.41) is 2.97. The summed E-state index contributed by atoms with van der Waals surface area (Å²) in [7, 11) is 0. The van der Waals surface area contributed by atoms with Crippen LogP contribution in [0.5, 0.6) is 0 Å². The minimum Gasteiger partial charge on any atom is -0.337 e. The quantitative estimate of drug-likeness (QED) is 0.804. The van der Waals surface area contributed by atoms with E-state index in [0.29, 0.717) is 44.7 Å². The van der Waals surface area contributed by atoms with Gasteiger partial charge in [-0.1, -0.05) is 0 Å². The van der Waals surface area contributed by atoms with Crippen LogP contribution in [-0.2, 0) is 29.7 Å². The zero-order valence-corrected chi connectivity index (χ0v) is 17.2. The third-order valence-corrected chi connectivity index (χ3v) is 6.90. The maximum absolute atomic E-state index is 13.3. The number of amides is 3. The van der Waals surface area contributed by atoms with Crippen LogP contribution < -0.4 is 10.9 Å². The summed E-state index contributed by atoms with van der Waals surface area (Å²) in [6.45, 7) is 6.91. The topological polar surface area (TPSA) is 87.5 Å². The molecule has 1 saturated carbocycles. The Hall–Kier alpha value is -2.38. The lowest BCUT2D eigenvalue weighted by Crippen LogP contribution is -2.44. The third kappa shape index (κ3) is 3.04. The van der Waals surface area contributed by atoms with Crippen molar-refractivity contribution in [2.75, 3.05) is 19.6 Å². The number of hydrogen-bond acceptors (Lipinski definition) is 4. The Kier molecular flexibility index (Phi) is 4.22. The number of carbonyl (C=O) groups is 2. The van der Waals surface area contributed by atoms with Gasteiger partial charge in [0.1, 0.15) is 5.82 Å². The molecule has 0 aromatic carbocycles. The Labute approximate surface area is 170 Å². The van der Waals surface area contributed by atoms with Gasteiger partial charge in [-0.15, -0.1) is 0 Å². The van der Waals surface area contributed by atoms with Crippen LogP contribution in [0.1, 0.15) is 56.6 Å². The number of likely N-dealkylation sites (tertiary alicyclic amines) is 1. The van der Waals surface area contributed by atoms with Crippen molar-refractivity contribution >= 4 is 11.9 Å². The number of urea groups is 1. The van der Waals surface area contributed by atoms with Crippen molar-refractivity contribution in [3.8, 4) is 0 Å². The van der Waals surface area contributed by atoms with E-state index in [1.54, 1.807) is 0 Å². The Balaban J connectivity index is 1.42. The van der Waals surface area contributed by atoms with Crippen LogP contribution in [0.15, 0.2) is 4.79 Å². The molecule has 8 nitrogen and oxygen atoms in total. The highest BCUT2D eigenvalue weighted by atomic mass is 16.2. The highest BCUT2D eigenvalue weighted by Gasteiger charge is 2.48. The molecule has 1 spiro atoms. The molecular weight excluding hydrogens is 370 g/mol. The number of nitrogens with zero attached hydrogens (tertiary/aromatic N) is 4. The zero-order chi connectivity index (χ0) is 20.3. The van der Waals surface area contributed by atoms with Gasteiger partial charge in [-0.3, -0.25) is 14.2 Å². The van der Waals surface area contributed by atoms with E-state index < -0.39 is 0 Å². The molecule has 1 N–H and O–H groups in total. The summed E-state index contributed by atoms with van der Waals surface area (Å²) < 4.78 is 1.81. The fourth-order valence-electron chi connectivity index (χ4n) is 5.11. The van der Waals surface area contributed by atoms with Crippen LogP contribution in [0.3, 0.4) is 0 Å². The summed E-state index contributed by atoms with van der Waals surface area (Å²) in [5.74, 6) is 1.22. The van der Waals surface area contributed by atoms with Crippen LogP contribution >= 0.6 is 0 Å². The standard InChI is InChI=1S/C21H29N5O3/c1-13(2)22-20(29)25-9-6-21(12-25)7-10-26-18(28)15-11-24(17(27)14-3-4-14)8-5-16(15)23-19(21)26/h13-14H,3-12H2,1-2H3,(H,22,29)/t21-/m0/s1. The first-order valence-electron chi connectivity index (χ1n) is 10.9. The van der Waals surface area contributed by atoms with E-state index in [-0.39, 0.29) is 34.9 Å². The lowest BCUT2D eigenvalue weighted by atomic mass is 9.85. The second-order valence-electron chi connectivity index (χ2n) is 9.41. The van der Waals surface area contributed by atoms with E-state index >= 15 is 0 Å². The fraction of sp³-hybridized carbons (Fsp3) is 0.714. The summed E-state index contributed by atoms with van der Waals surface area (Å²) >= 11 is 0. The molecule has 156 valence electrons. The molecule has 5 rings (SSSR count). The van der Waals surface area contributed by atoms with Gasteiger partial charge in [0.2, 0.25) is 5.91 Å². The summed E-state index contributed by atoms with van der Waals surface area (Å²) in [6.07, 6.45) is 4.29. The van der Waals surface area contributed by atoms with Crippen LogP contribution in [-0.4, -0.2) is 57.0 Å². The molecule has 29 heavy (non-hydrogen) atoms. The van der Waals surface area contributed by atoms with Crippen LogP contribution in [0.2, 0.25) is 0 Å². The Morgan fingerprint density at radius 3 is 2.62 bits per heavy atom. The van der Waals surface area contributed by atoms with Crippen molar-refractivity contribution in [2.45, 2.75) is 70.5 Å². The second kappa shape index (κ2) is 6.57. The van der Waals surface area contributed by atoms with Crippen LogP contribution in [0, 0.1) is 5.92 Å². The monoisotopic (exact) mass is 399 g/mol. The number of nitrogens with one attached hydrogen (secondary N) is 1. The van der Waals surface area contributed by atoms with Gasteiger partial charge in [0.15, 0.2) is 0 Å². The number of hydrogen-bond donors (Lipinski definition) is 1. The zero-order valence-electron chi connectivity index (χ0n) is 17.2. The first-order valence-corrected chi connectivity index (χ1v) is 10.9. The molecule has 4 heterocycles. The Bertz CT molecular complexity index is 935. The fourth-order valence-corrected chi connectivity index (χ4v) is 5.11. The molecule has 0 bridgehead atoms. The van der Waals surface area contributed by atoms with Crippen molar-refractivity contribution in [1.82, 2.24) is 24.7 Å². The molecule has 1 aromatic rings. The average Bonchev–Trinajstić information content (AvgIpc) is 3.36. The number of rotatable bonds is 2. The summed E-state index contributed by atoms with van der Waals surface area (Å²) in [6, 6.07) is 0.0637. The predicted molar refractivity (Wildman–Crippen MR) is 106 cm³/mol. The Morgan fingerprint density at radius 1 is 1.14 bits per heavy atom. The molecule has 1 aliphatic carbocycles. The number of carbonyl (C=O) groups excluding carboxylic acids is 2. The van der Waals surface area contributed by atoms with Gasteiger partial charge in [-0.25, -0.2) is 9.78 Å². The van der Waals surface area contributed by atoms with E-state index in [9.17, 15) is 14.4 Å². The summed E-state index contributed by atoms with van der Waals surface area (Å²) in [4.78, 5) is 46.8. The lowest BCUT2D eigenvalue weighted by Gasteiger charge is -2.30. The molecular formula is C21H29N5O3. The number of aromatic nitrogens is 2. The van der Waals surface area contributed by atoms with Gasteiger partial charge in [0.25, 0.3) is 5.56 Å². The van der Waals surface area contributed by atoms with Crippen molar-refractivity contribution in [1.29, 1.82) is 0 Å². The van der Waals surface area contributed by atoms with Crippen molar-refractivity contribution in [2.24, 2.45) is 5.92 Å². The maximum Gasteiger partial charge on any atom is 0.317 e. The van der Waals surface area contributed by atoms with E-state index in [0.717, 1.165) is 37.2 Å². The van der Waals surface area contributed by atoms with E-state index in [1.807, 2.05) is 28.2 Å². The second-order valence-corrected chi connectivity index (χ2v) is 9.41. The van der Waals surface area contributed by atoms with Gasteiger partial charge >= 0.3 is 6.03 Å². The highest BCUT2D eigenvalue weighted by Crippen LogP contribution is 2.41. The molecule has 3 aliphatic heterocycles. The average molecular weight is 399 g/mol. The maximum atomic E-state index is 13.3. The van der Waals surface area contributed by atoms with E-state index in [2.05, 4.69) is 5.32 Å². The Morgan fingerprint density at radius 2 is 1.90 bits per heavy atom. The van der Waals surface area contributed by atoms with Gasteiger partial charge in [-0.2, -0.15) is 0 Å². The summed E-state index contributed by atoms with van der Waals surface area (Å²) in [5.41, 5.74) is 1.34. The highest BCUT2D eigenvalue weighted by molar-refractivity contribution is 5.81. The van der Waals surface area contributed by atoms with Crippen molar-refractivity contribution in [3.05, 3.63) is 27.4 Å². The third-order valence-electron chi connectivity index (χ3n) is 6.90. The molecule has 4 aliphatic rings. The van der Waals surface area contributed by atoms with Crippen molar-refractivity contribution < 1.29 is 9.59 Å². The minimum absolute atomic E-state index is 0.0141. The largest absolute Gasteiger partial charge is 0.337 e. The van der Waals surface area contributed by atoms with Crippen LogP contribution in [0.25, 0.3) is 0 Å². The van der Waals surface area contributed by atoms with Crippen molar-refractivity contribution in [3.63, 3.8) is 0 Å². The molecule has 0 unspecified atom stereocenters. The molecule has 1 aromatic heterocycles. The van der Waals surface area contributed by atoms with Crippen LogP contribution in [0.4, 0.5) is 4.79 Å². The molecule has 2 fully saturated rings. The van der Waals surface area contributed by atoms with Gasteiger partial charge in [-0.05, 0) is 39.5 Å². The van der Waals surface area contributed by atoms with E-state index in [1.165, 1.54) is 0 Å². The SMILES string of the molecule is CC(C)NC(=O)N1CC[C@]2(CCn3c2nc2c(c3=O)CN(C(=O)C3CC3)CC2)C1. The smallest absolute Gasteiger partial charge is 0.317 e. The predicted octanol–water partition coefficient (Wildman–Crippen LogP) is 1.00. The van der Waals surface area contributed by atoms with Gasteiger partial charge < -0.3 is 15.1 Å². The van der Waals surface area contributed by atoms with E-state index in [4.69, 9.17) is 4.98 Å². The lowest BCUT2D eigenvalue weighted by molar-refractivity contribution is -0.133. The molecule has 8 heteroatoms.